The van der Waals surface area contributed by atoms with Crippen LogP contribution in [0.2, 0.25) is 0 Å². The van der Waals surface area contributed by atoms with Crippen LogP contribution in [0.3, 0.4) is 0 Å². The molecule has 0 saturated carbocycles. The molecule has 1 saturated heterocycles. The number of methoxy groups -OCH3 is 1. The topological polar surface area (TPSA) is 86.3 Å². The molecular weight excluding hydrogens is 422 g/mol. The minimum atomic E-state index is -0.417. The van der Waals surface area contributed by atoms with Crippen molar-refractivity contribution < 1.29 is 9.53 Å². The molecule has 7 nitrogen and oxygen atoms in total. The van der Waals surface area contributed by atoms with E-state index in [1.165, 1.54) is 19.3 Å². The van der Waals surface area contributed by atoms with Crippen molar-refractivity contribution in [2.75, 3.05) is 20.2 Å². The second kappa shape index (κ2) is 10.2. The standard InChI is InChI=1S/C24H29N5O2S/c1-17(28-14-4-3-5-15-28)23-26-27-24(29(23)20-10-12-21(31-2)13-11-20)32-16-18-6-8-19(9-7-18)22(25)30/h6-13,17H,3-5,14-16H2,1-2H3,(H2,25,30)/t17-/m0/s1. The van der Waals surface area contributed by atoms with Crippen molar-refractivity contribution >= 4 is 17.7 Å². The molecule has 1 atom stereocenters. The molecule has 2 heterocycles. The number of hydrogen-bond acceptors (Lipinski definition) is 6. The Morgan fingerprint density at radius 2 is 1.75 bits per heavy atom. The first-order valence-electron chi connectivity index (χ1n) is 10.9. The van der Waals surface area contributed by atoms with E-state index in [9.17, 15) is 4.79 Å². The fraction of sp³-hybridized carbons (Fsp3) is 0.375. The van der Waals surface area contributed by atoms with Crippen LogP contribution in [0.4, 0.5) is 0 Å². The smallest absolute Gasteiger partial charge is 0.248 e. The minimum Gasteiger partial charge on any atom is -0.497 e. The zero-order valence-electron chi connectivity index (χ0n) is 18.5. The summed E-state index contributed by atoms with van der Waals surface area (Å²) in [5, 5.41) is 10.0. The van der Waals surface area contributed by atoms with Gasteiger partial charge in [-0.2, -0.15) is 0 Å². The molecule has 0 aliphatic carbocycles. The molecule has 168 valence electrons. The van der Waals surface area contributed by atoms with Gasteiger partial charge < -0.3 is 10.5 Å². The number of thioether (sulfide) groups is 1. The lowest BCUT2D eigenvalue weighted by molar-refractivity contribution is 0.100. The van der Waals surface area contributed by atoms with Crippen molar-refractivity contribution in [3.8, 4) is 11.4 Å². The number of hydrogen-bond donors (Lipinski definition) is 1. The molecule has 1 aliphatic rings. The van der Waals surface area contributed by atoms with Crippen LogP contribution in [-0.2, 0) is 5.75 Å². The number of ether oxygens (including phenoxy) is 1. The predicted octanol–water partition coefficient (Wildman–Crippen LogP) is 4.21. The SMILES string of the molecule is COc1ccc(-n2c(SCc3ccc(C(N)=O)cc3)nnc2[C@H](C)N2CCCCC2)cc1. The number of rotatable bonds is 8. The van der Waals surface area contributed by atoms with Crippen molar-refractivity contribution in [1.29, 1.82) is 0 Å². The normalized spacial score (nSPS) is 15.4. The Kier molecular flexibility index (Phi) is 7.12. The summed E-state index contributed by atoms with van der Waals surface area (Å²) < 4.78 is 7.49. The number of primary amides is 1. The highest BCUT2D eigenvalue weighted by atomic mass is 32.2. The van der Waals surface area contributed by atoms with Crippen LogP contribution < -0.4 is 10.5 Å². The van der Waals surface area contributed by atoms with Gasteiger partial charge in [-0.25, -0.2) is 0 Å². The zero-order valence-corrected chi connectivity index (χ0v) is 19.3. The quantitative estimate of drug-likeness (QED) is 0.516. The minimum absolute atomic E-state index is 0.175. The van der Waals surface area contributed by atoms with Gasteiger partial charge in [0, 0.05) is 17.0 Å². The molecule has 0 spiro atoms. The fourth-order valence-corrected chi connectivity index (χ4v) is 4.92. The summed E-state index contributed by atoms with van der Waals surface area (Å²) in [4.78, 5) is 13.8. The van der Waals surface area contributed by atoms with Gasteiger partial charge in [0.15, 0.2) is 11.0 Å². The summed E-state index contributed by atoms with van der Waals surface area (Å²) >= 11 is 1.63. The Labute approximate surface area is 193 Å². The summed E-state index contributed by atoms with van der Waals surface area (Å²) in [6, 6.07) is 15.6. The summed E-state index contributed by atoms with van der Waals surface area (Å²) in [5.74, 6) is 2.06. The number of nitrogens with zero attached hydrogens (tertiary/aromatic N) is 4. The Morgan fingerprint density at radius 1 is 1.06 bits per heavy atom. The number of likely N-dealkylation sites (tertiary alicyclic amines) is 1. The van der Waals surface area contributed by atoms with Gasteiger partial charge in [0.05, 0.1) is 13.2 Å². The van der Waals surface area contributed by atoms with Gasteiger partial charge in [-0.1, -0.05) is 30.3 Å². The van der Waals surface area contributed by atoms with Gasteiger partial charge >= 0.3 is 0 Å². The summed E-state index contributed by atoms with van der Waals surface area (Å²) in [6.45, 7) is 4.39. The van der Waals surface area contributed by atoms with E-state index in [2.05, 4.69) is 26.6 Å². The number of nitrogens with two attached hydrogens (primary N) is 1. The first kappa shape index (κ1) is 22.4. The second-order valence-electron chi connectivity index (χ2n) is 8.00. The van der Waals surface area contributed by atoms with Gasteiger partial charge in [0.1, 0.15) is 5.75 Å². The Hall–Kier alpha value is -2.84. The van der Waals surface area contributed by atoms with Crippen molar-refractivity contribution in [2.24, 2.45) is 5.73 Å². The predicted molar refractivity (Wildman–Crippen MR) is 126 cm³/mol. The Morgan fingerprint density at radius 3 is 2.38 bits per heavy atom. The van der Waals surface area contributed by atoms with Gasteiger partial charge in [-0.15, -0.1) is 10.2 Å². The molecule has 0 radical (unpaired) electrons. The lowest BCUT2D eigenvalue weighted by atomic mass is 10.1. The van der Waals surface area contributed by atoms with Crippen LogP contribution in [0.1, 0.15) is 54.0 Å². The molecular formula is C24H29N5O2S. The third-order valence-electron chi connectivity index (χ3n) is 5.91. The fourth-order valence-electron chi connectivity index (χ4n) is 4.00. The number of aromatic nitrogens is 3. The highest BCUT2D eigenvalue weighted by molar-refractivity contribution is 7.98. The van der Waals surface area contributed by atoms with Crippen molar-refractivity contribution in [2.45, 2.75) is 43.1 Å². The van der Waals surface area contributed by atoms with Crippen LogP contribution in [0, 0.1) is 0 Å². The van der Waals surface area contributed by atoms with Gasteiger partial charge in [-0.3, -0.25) is 14.3 Å². The number of piperidine rings is 1. The third kappa shape index (κ3) is 4.97. The molecule has 1 amide bonds. The average molecular weight is 452 g/mol. The Balaban J connectivity index is 1.61. The molecule has 4 rings (SSSR count). The number of benzene rings is 2. The van der Waals surface area contributed by atoms with Crippen molar-refractivity contribution in [3.05, 3.63) is 65.5 Å². The maximum atomic E-state index is 11.3. The van der Waals surface area contributed by atoms with Crippen LogP contribution in [0.15, 0.2) is 53.7 Å². The van der Waals surface area contributed by atoms with Gasteiger partial charge in [0.25, 0.3) is 0 Å². The molecule has 1 aromatic heterocycles. The molecule has 32 heavy (non-hydrogen) atoms. The molecule has 1 aliphatic heterocycles. The molecule has 3 aromatic rings. The lowest BCUT2D eigenvalue weighted by Crippen LogP contribution is -2.33. The summed E-state index contributed by atoms with van der Waals surface area (Å²) in [5.41, 5.74) is 7.97. The van der Waals surface area contributed by atoms with Crippen molar-refractivity contribution in [3.63, 3.8) is 0 Å². The maximum absolute atomic E-state index is 11.3. The van der Waals surface area contributed by atoms with Gasteiger partial charge in [0.2, 0.25) is 5.91 Å². The number of amides is 1. The first-order chi connectivity index (χ1) is 15.6. The molecule has 1 fully saturated rings. The highest BCUT2D eigenvalue weighted by Gasteiger charge is 2.25. The highest BCUT2D eigenvalue weighted by Crippen LogP contribution is 2.31. The van der Waals surface area contributed by atoms with E-state index >= 15 is 0 Å². The van der Waals surface area contributed by atoms with E-state index in [1.807, 2.05) is 36.4 Å². The zero-order chi connectivity index (χ0) is 22.5. The average Bonchev–Trinajstić information content (AvgIpc) is 3.27. The second-order valence-corrected chi connectivity index (χ2v) is 8.94. The van der Waals surface area contributed by atoms with E-state index in [1.54, 1.807) is 31.0 Å². The van der Waals surface area contributed by atoms with E-state index in [0.29, 0.717) is 11.3 Å². The maximum Gasteiger partial charge on any atom is 0.248 e. The number of carbonyl (C=O) groups excluding carboxylic acids is 1. The van der Waals surface area contributed by atoms with Crippen molar-refractivity contribution in [1.82, 2.24) is 19.7 Å². The summed E-state index contributed by atoms with van der Waals surface area (Å²) in [6.07, 6.45) is 3.75. The third-order valence-corrected chi connectivity index (χ3v) is 6.91. The molecule has 2 N–H and O–H groups in total. The largest absolute Gasteiger partial charge is 0.497 e. The monoisotopic (exact) mass is 451 g/mol. The van der Waals surface area contributed by atoms with Crippen LogP contribution in [0.25, 0.3) is 5.69 Å². The molecule has 0 unspecified atom stereocenters. The van der Waals surface area contributed by atoms with Gasteiger partial charge in [-0.05, 0) is 74.8 Å². The molecule has 8 heteroatoms. The van der Waals surface area contributed by atoms with E-state index in [-0.39, 0.29) is 6.04 Å². The molecule has 0 bridgehead atoms. The Bertz CT molecular complexity index is 1040. The molecule has 2 aromatic carbocycles. The van der Waals surface area contributed by atoms with Crippen LogP contribution in [-0.4, -0.2) is 45.8 Å². The first-order valence-corrected chi connectivity index (χ1v) is 11.9. The summed E-state index contributed by atoms with van der Waals surface area (Å²) in [7, 11) is 1.67. The van der Waals surface area contributed by atoms with E-state index in [0.717, 1.165) is 41.1 Å². The lowest BCUT2D eigenvalue weighted by Gasteiger charge is -2.31. The van der Waals surface area contributed by atoms with E-state index in [4.69, 9.17) is 10.5 Å². The van der Waals surface area contributed by atoms with E-state index < -0.39 is 5.91 Å². The number of carbonyl (C=O) groups is 1. The van der Waals surface area contributed by atoms with Crippen LogP contribution >= 0.6 is 11.8 Å². The van der Waals surface area contributed by atoms with Crippen LogP contribution in [0.5, 0.6) is 5.75 Å².